The molecular formula is C23H29N5O9. The van der Waals surface area contributed by atoms with Gasteiger partial charge < -0.3 is 28.6 Å². The highest BCUT2D eigenvalue weighted by Crippen LogP contribution is 2.35. The summed E-state index contributed by atoms with van der Waals surface area (Å²) in [5.41, 5.74) is 0.142. The predicted molar refractivity (Wildman–Crippen MR) is 132 cm³/mol. The highest BCUT2D eigenvalue weighted by atomic mass is 16.6. The quantitative estimate of drug-likeness (QED) is 0.312. The Balaban J connectivity index is 1.76. The second-order valence-corrected chi connectivity index (χ2v) is 7.68. The molecule has 0 atom stereocenters. The third-order valence-corrected chi connectivity index (χ3v) is 5.27. The molecule has 37 heavy (non-hydrogen) atoms. The van der Waals surface area contributed by atoms with E-state index in [4.69, 9.17) is 23.7 Å². The van der Waals surface area contributed by atoms with Gasteiger partial charge in [0, 0.05) is 25.2 Å². The number of nitrogens with zero attached hydrogens (tertiary/aromatic N) is 5. The van der Waals surface area contributed by atoms with Crippen molar-refractivity contribution in [2.24, 2.45) is 10.2 Å². The van der Waals surface area contributed by atoms with Crippen molar-refractivity contribution in [2.75, 3.05) is 78.0 Å². The molecule has 1 aliphatic rings. The van der Waals surface area contributed by atoms with Crippen LogP contribution in [0.2, 0.25) is 0 Å². The van der Waals surface area contributed by atoms with Crippen molar-refractivity contribution in [3.8, 4) is 5.75 Å². The Morgan fingerprint density at radius 1 is 0.784 bits per heavy atom. The molecule has 0 aromatic heterocycles. The normalized spacial score (nSPS) is 16.6. The first-order chi connectivity index (χ1) is 18.0. The molecule has 2 aromatic carbocycles. The van der Waals surface area contributed by atoms with Crippen molar-refractivity contribution < 1.29 is 33.5 Å². The van der Waals surface area contributed by atoms with Crippen LogP contribution in [0.4, 0.5) is 28.4 Å². The molecule has 14 heteroatoms. The predicted octanol–water partition coefficient (Wildman–Crippen LogP) is 3.81. The number of benzene rings is 2. The lowest BCUT2D eigenvalue weighted by atomic mass is 10.2. The highest BCUT2D eigenvalue weighted by molar-refractivity contribution is 5.65. The number of nitro benzene ring substituents is 2. The fraction of sp³-hybridized carbons (Fsp3) is 0.478. The Bertz CT molecular complexity index is 1070. The molecule has 0 amide bonds. The van der Waals surface area contributed by atoms with Crippen molar-refractivity contribution in [3.05, 3.63) is 56.6 Å². The molecule has 2 aromatic rings. The Morgan fingerprint density at radius 2 is 1.38 bits per heavy atom. The number of anilines is 1. The van der Waals surface area contributed by atoms with Crippen LogP contribution in [0.3, 0.4) is 0 Å². The third kappa shape index (κ3) is 8.71. The Morgan fingerprint density at radius 3 is 1.92 bits per heavy atom. The van der Waals surface area contributed by atoms with Crippen molar-refractivity contribution in [3.63, 3.8) is 0 Å². The number of nitro groups is 2. The maximum absolute atomic E-state index is 11.3. The van der Waals surface area contributed by atoms with E-state index < -0.39 is 21.2 Å². The molecule has 0 saturated carbocycles. The zero-order valence-corrected chi connectivity index (χ0v) is 20.4. The lowest BCUT2D eigenvalue weighted by molar-refractivity contribution is -0.393. The van der Waals surface area contributed by atoms with Gasteiger partial charge in [-0.05, 0) is 18.2 Å². The summed E-state index contributed by atoms with van der Waals surface area (Å²) in [6, 6.07) is 8.31. The standard InChI is InChI=1S/C23H29N5O9/c1-33-23-16-18(24-25-20-4-3-19(27(29)30)17-22(20)28(31)32)2-5-21(23)26-6-8-34-10-12-36-14-15-37-13-11-35-9-7-26/h2-5,16-17H,6-15H2,1H3/b25-24+. The summed E-state index contributed by atoms with van der Waals surface area (Å²) in [6.07, 6.45) is 0. The van der Waals surface area contributed by atoms with Crippen LogP contribution in [0.15, 0.2) is 46.6 Å². The number of methoxy groups -OCH3 is 1. The van der Waals surface area contributed by atoms with Crippen molar-refractivity contribution in [1.29, 1.82) is 0 Å². The molecule has 1 aliphatic heterocycles. The van der Waals surface area contributed by atoms with Crippen LogP contribution >= 0.6 is 0 Å². The molecule has 200 valence electrons. The lowest BCUT2D eigenvalue weighted by Crippen LogP contribution is -2.31. The number of ether oxygens (including phenoxy) is 5. The molecule has 14 nitrogen and oxygen atoms in total. The number of azo groups is 1. The number of rotatable bonds is 6. The Labute approximate surface area is 213 Å². The minimum Gasteiger partial charge on any atom is -0.495 e. The summed E-state index contributed by atoms with van der Waals surface area (Å²) in [4.78, 5) is 22.9. The first-order valence-corrected chi connectivity index (χ1v) is 11.6. The van der Waals surface area contributed by atoms with Gasteiger partial charge in [-0.15, -0.1) is 5.11 Å². The van der Waals surface area contributed by atoms with Crippen molar-refractivity contribution in [1.82, 2.24) is 0 Å². The van der Waals surface area contributed by atoms with E-state index in [9.17, 15) is 20.2 Å². The fourth-order valence-corrected chi connectivity index (χ4v) is 3.42. The molecule has 1 fully saturated rings. The van der Waals surface area contributed by atoms with Gasteiger partial charge in [0.1, 0.15) is 5.75 Å². The van der Waals surface area contributed by atoms with Gasteiger partial charge in [-0.2, -0.15) is 5.11 Å². The molecule has 0 unspecified atom stereocenters. The van der Waals surface area contributed by atoms with E-state index in [2.05, 4.69) is 15.1 Å². The van der Waals surface area contributed by atoms with Gasteiger partial charge in [0.2, 0.25) is 0 Å². The highest BCUT2D eigenvalue weighted by Gasteiger charge is 2.20. The number of hydrogen-bond donors (Lipinski definition) is 0. The summed E-state index contributed by atoms with van der Waals surface area (Å²) in [7, 11) is 1.52. The summed E-state index contributed by atoms with van der Waals surface area (Å²) in [6.45, 7) is 5.00. The molecule has 0 aliphatic carbocycles. The summed E-state index contributed by atoms with van der Waals surface area (Å²) < 4.78 is 27.8. The van der Waals surface area contributed by atoms with Gasteiger partial charge >= 0.3 is 5.69 Å². The molecule has 1 heterocycles. The van der Waals surface area contributed by atoms with E-state index in [1.54, 1.807) is 18.2 Å². The van der Waals surface area contributed by atoms with E-state index in [0.29, 0.717) is 77.4 Å². The van der Waals surface area contributed by atoms with Gasteiger partial charge in [-0.3, -0.25) is 20.2 Å². The molecule has 0 spiro atoms. The zero-order chi connectivity index (χ0) is 26.5. The zero-order valence-electron chi connectivity index (χ0n) is 20.4. The maximum Gasteiger partial charge on any atom is 0.303 e. The van der Waals surface area contributed by atoms with Crippen molar-refractivity contribution in [2.45, 2.75) is 0 Å². The number of non-ortho nitro benzene ring substituents is 1. The first kappa shape index (κ1) is 27.9. The summed E-state index contributed by atoms with van der Waals surface area (Å²) in [5, 5.41) is 30.3. The van der Waals surface area contributed by atoms with Crippen LogP contribution in [-0.4, -0.2) is 82.9 Å². The molecule has 0 radical (unpaired) electrons. The summed E-state index contributed by atoms with van der Waals surface area (Å²) in [5.74, 6) is 0.513. The van der Waals surface area contributed by atoms with E-state index in [1.807, 2.05) is 0 Å². The van der Waals surface area contributed by atoms with E-state index >= 15 is 0 Å². The maximum atomic E-state index is 11.3. The fourth-order valence-electron chi connectivity index (χ4n) is 3.42. The molecule has 0 N–H and O–H groups in total. The van der Waals surface area contributed by atoms with Crippen molar-refractivity contribution >= 4 is 28.4 Å². The monoisotopic (exact) mass is 519 g/mol. The Hall–Kier alpha value is -3.72. The molecule has 3 rings (SSSR count). The van der Waals surface area contributed by atoms with Gasteiger partial charge in [0.05, 0.1) is 87.3 Å². The Kier molecular flexibility index (Phi) is 11.1. The molecule has 0 bridgehead atoms. The second-order valence-electron chi connectivity index (χ2n) is 7.68. The molecule has 1 saturated heterocycles. The van der Waals surface area contributed by atoms with Gasteiger partial charge in [-0.25, -0.2) is 0 Å². The topological polar surface area (TPSA) is 160 Å². The van der Waals surface area contributed by atoms with Gasteiger partial charge in [0.15, 0.2) is 5.69 Å². The van der Waals surface area contributed by atoms with Gasteiger partial charge in [-0.1, -0.05) is 0 Å². The van der Waals surface area contributed by atoms with Crippen LogP contribution in [-0.2, 0) is 18.9 Å². The minimum atomic E-state index is -0.740. The molecular weight excluding hydrogens is 490 g/mol. The van der Waals surface area contributed by atoms with Crippen LogP contribution in [0, 0.1) is 20.2 Å². The van der Waals surface area contributed by atoms with Crippen LogP contribution in [0.5, 0.6) is 5.75 Å². The smallest absolute Gasteiger partial charge is 0.303 e. The largest absolute Gasteiger partial charge is 0.495 e. The minimum absolute atomic E-state index is 0.105. The third-order valence-electron chi connectivity index (χ3n) is 5.27. The second kappa shape index (κ2) is 14.7. The van der Waals surface area contributed by atoms with Crippen LogP contribution in [0.25, 0.3) is 0 Å². The lowest BCUT2D eigenvalue weighted by Gasteiger charge is -2.26. The van der Waals surface area contributed by atoms with E-state index in [-0.39, 0.29) is 5.69 Å². The van der Waals surface area contributed by atoms with Crippen LogP contribution in [0.1, 0.15) is 0 Å². The average molecular weight is 520 g/mol. The van der Waals surface area contributed by atoms with Crippen LogP contribution < -0.4 is 9.64 Å². The SMILES string of the molecule is COc1cc(/N=N/c2ccc([N+](=O)[O-])cc2[N+](=O)[O-])ccc1N1CCOCCOCCOCCOCC1. The van der Waals surface area contributed by atoms with Gasteiger partial charge in [0.25, 0.3) is 5.69 Å². The number of hydrogen-bond acceptors (Lipinski definition) is 12. The summed E-state index contributed by atoms with van der Waals surface area (Å²) >= 11 is 0. The first-order valence-electron chi connectivity index (χ1n) is 11.6. The van der Waals surface area contributed by atoms with E-state index in [0.717, 1.165) is 17.8 Å². The average Bonchev–Trinajstić information content (AvgIpc) is 2.91. The van der Waals surface area contributed by atoms with E-state index in [1.165, 1.54) is 13.2 Å².